The molecule has 27 heavy (non-hydrogen) atoms. The molecule has 1 N–H and O–H groups in total. The second-order valence-corrected chi connectivity index (χ2v) is 7.88. The summed E-state index contributed by atoms with van der Waals surface area (Å²) in [6, 6.07) is 14.8. The Labute approximate surface area is 159 Å². The van der Waals surface area contributed by atoms with Gasteiger partial charge in [0.2, 0.25) is 0 Å². The van der Waals surface area contributed by atoms with Gasteiger partial charge in [-0.2, -0.15) is 0 Å². The maximum Gasteiger partial charge on any atom is 0.193 e. The first-order chi connectivity index (χ1) is 12.9. The Morgan fingerprint density at radius 1 is 1.15 bits per heavy atom. The standard InChI is InChI=1S/C19H24FN3O3S/c1-21-19(23(2)13-14-26-16-8-4-3-5-9-16)22-12-15-27(24,25)18-11-7-6-10-17(18)20/h3-11H,12-15H2,1-2H3,(H,21,22). The molecule has 146 valence electrons. The number of halogens is 1. The van der Waals surface area contributed by atoms with Gasteiger partial charge < -0.3 is 15.0 Å². The number of hydrogen-bond donors (Lipinski definition) is 1. The third-order valence-corrected chi connectivity index (χ3v) is 5.58. The first-order valence-corrected chi connectivity index (χ1v) is 10.2. The topological polar surface area (TPSA) is 71.0 Å². The summed E-state index contributed by atoms with van der Waals surface area (Å²) in [6.07, 6.45) is 0. The summed E-state index contributed by atoms with van der Waals surface area (Å²) < 4.78 is 43.9. The van der Waals surface area contributed by atoms with Gasteiger partial charge >= 0.3 is 0 Å². The maximum absolute atomic E-state index is 13.7. The summed E-state index contributed by atoms with van der Waals surface area (Å²) in [7, 11) is -0.267. The molecule has 2 aromatic rings. The Bertz CT molecular complexity index is 858. The van der Waals surface area contributed by atoms with Crippen molar-refractivity contribution in [1.82, 2.24) is 10.2 Å². The van der Waals surface area contributed by atoms with Crippen molar-refractivity contribution < 1.29 is 17.5 Å². The SMILES string of the molecule is CN=C(NCCS(=O)(=O)c1ccccc1F)N(C)CCOc1ccccc1. The van der Waals surface area contributed by atoms with Crippen molar-refractivity contribution in [2.45, 2.75) is 4.90 Å². The predicted molar refractivity (Wildman–Crippen MR) is 104 cm³/mol. The summed E-state index contributed by atoms with van der Waals surface area (Å²) in [6.45, 7) is 1.14. The van der Waals surface area contributed by atoms with Gasteiger partial charge in [0.05, 0.1) is 12.3 Å². The van der Waals surface area contributed by atoms with E-state index < -0.39 is 15.7 Å². The highest BCUT2D eigenvalue weighted by Crippen LogP contribution is 2.14. The van der Waals surface area contributed by atoms with Crippen molar-refractivity contribution in [1.29, 1.82) is 0 Å². The first-order valence-electron chi connectivity index (χ1n) is 8.51. The van der Waals surface area contributed by atoms with E-state index in [0.717, 1.165) is 11.8 Å². The molecule has 0 aliphatic heterocycles. The first kappa shape index (κ1) is 20.7. The Hall–Kier alpha value is -2.61. The summed E-state index contributed by atoms with van der Waals surface area (Å²) in [4.78, 5) is 5.68. The Kier molecular flexibility index (Phi) is 7.60. The number of sulfone groups is 1. The van der Waals surface area contributed by atoms with Gasteiger partial charge in [0, 0.05) is 20.6 Å². The highest BCUT2D eigenvalue weighted by Gasteiger charge is 2.18. The van der Waals surface area contributed by atoms with Crippen LogP contribution in [0.15, 0.2) is 64.5 Å². The number of benzene rings is 2. The molecule has 2 aromatic carbocycles. The van der Waals surface area contributed by atoms with Crippen LogP contribution in [0.25, 0.3) is 0 Å². The Balaban J connectivity index is 1.81. The van der Waals surface area contributed by atoms with E-state index in [1.807, 2.05) is 42.3 Å². The number of likely N-dealkylation sites (N-methyl/N-ethyl adjacent to an activating group) is 1. The zero-order valence-electron chi connectivity index (χ0n) is 15.4. The minimum Gasteiger partial charge on any atom is -0.492 e. The lowest BCUT2D eigenvalue weighted by Crippen LogP contribution is -2.42. The maximum atomic E-state index is 13.7. The van der Waals surface area contributed by atoms with Gasteiger partial charge in [0.1, 0.15) is 23.1 Å². The van der Waals surface area contributed by atoms with E-state index >= 15 is 0 Å². The molecular weight excluding hydrogens is 369 g/mol. The minimum atomic E-state index is -3.71. The highest BCUT2D eigenvalue weighted by molar-refractivity contribution is 7.91. The number of para-hydroxylation sites is 1. The second-order valence-electron chi connectivity index (χ2n) is 5.81. The largest absolute Gasteiger partial charge is 0.492 e. The number of guanidine groups is 1. The molecule has 0 aliphatic carbocycles. The predicted octanol–water partition coefficient (Wildman–Crippen LogP) is 2.19. The lowest BCUT2D eigenvalue weighted by molar-refractivity contribution is 0.281. The fourth-order valence-electron chi connectivity index (χ4n) is 2.41. The van der Waals surface area contributed by atoms with Gasteiger partial charge in [-0.1, -0.05) is 30.3 Å². The van der Waals surface area contributed by atoms with E-state index in [-0.39, 0.29) is 17.2 Å². The molecular formula is C19H24FN3O3S. The van der Waals surface area contributed by atoms with Crippen molar-refractivity contribution >= 4 is 15.8 Å². The lowest BCUT2D eigenvalue weighted by atomic mass is 10.3. The molecule has 0 aromatic heterocycles. The van der Waals surface area contributed by atoms with Crippen LogP contribution < -0.4 is 10.1 Å². The van der Waals surface area contributed by atoms with Crippen LogP contribution in [0.5, 0.6) is 5.75 Å². The smallest absolute Gasteiger partial charge is 0.193 e. The molecule has 0 atom stereocenters. The summed E-state index contributed by atoms with van der Waals surface area (Å²) >= 11 is 0. The zero-order chi connectivity index (χ0) is 19.7. The van der Waals surface area contributed by atoms with Crippen molar-refractivity contribution in [2.75, 3.05) is 39.5 Å². The number of nitrogens with one attached hydrogen (secondary N) is 1. The van der Waals surface area contributed by atoms with Crippen molar-refractivity contribution in [3.8, 4) is 5.75 Å². The normalized spacial score (nSPS) is 11.9. The third-order valence-electron chi connectivity index (χ3n) is 3.84. The van der Waals surface area contributed by atoms with E-state index in [9.17, 15) is 12.8 Å². The van der Waals surface area contributed by atoms with Crippen molar-refractivity contribution in [3.63, 3.8) is 0 Å². The minimum absolute atomic E-state index is 0.118. The Morgan fingerprint density at radius 2 is 1.81 bits per heavy atom. The monoisotopic (exact) mass is 393 g/mol. The molecule has 6 nitrogen and oxygen atoms in total. The molecule has 0 saturated carbocycles. The molecule has 0 amide bonds. The van der Waals surface area contributed by atoms with Crippen molar-refractivity contribution in [3.05, 3.63) is 60.4 Å². The number of nitrogens with zero attached hydrogens (tertiary/aromatic N) is 2. The summed E-state index contributed by atoms with van der Waals surface area (Å²) in [5.41, 5.74) is 0. The van der Waals surface area contributed by atoms with Crippen LogP contribution in [0, 0.1) is 5.82 Å². The van der Waals surface area contributed by atoms with E-state index in [4.69, 9.17) is 4.74 Å². The summed E-state index contributed by atoms with van der Waals surface area (Å²) in [5, 5.41) is 2.98. The summed E-state index contributed by atoms with van der Waals surface area (Å²) in [5.74, 6) is 0.346. The number of ether oxygens (including phenoxy) is 1. The molecule has 8 heteroatoms. The third kappa shape index (κ3) is 6.25. The molecule has 0 heterocycles. The van der Waals surface area contributed by atoms with Gasteiger partial charge in [0.25, 0.3) is 0 Å². The van der Waals surface area contributed by atoms with Gasteiger partial charge in [-0.3, -0.25) is 4.99 Å². The average Bonchev–Trinajstić information content (AvgIpc) is 2.66. The van der Waals surface area contributed by atoms with Crippen LogP contribution in [0.1, 0.15) is 0 Å². The molecule has 0 bridgehead atoms. The lowest BCUT2D eigenvalue weighted by Gasteiger charge is -2.22. The van der Waals surface area contributed by atoms with Crippen LogP contribution in [0.2, 0.25) is 0 Å². The molecule has 0 unspecified atom stereocenters. The molecule has 2 rings (SSSR count). The Morgan fingerprint density at radius 3 is 2.48 bits per heavy atom. The zero-order valence-corrected chi connectivity index (χ0v) is 16.2. The molecule has 0 spiro atoms. The second kappa shape index (κ2) is 9.91. The number of rotatable bonds is 8. The van der Waals surface area contributed by atoms with Crippen LogP contribution in [-0.2, 0) is 9.84 Å². The van der Waals surface area contributed by atoms with E-state index in [2.05, 4.69) is 10.3 Å². The number of hydrogen-bond acceptors (Lipinski definition) is 4. The van der Waals surface area contributed by atoms with Crippen LogP contribution in [0.3, 0.4) is 0 Å². The van der Waals surface area contributed by atoms with Crippen LogP contribution in [-0.4, -0.2) is 58.8 Å². The van der Waals surface area contributed by atoms with Crippen molar-refractivity contribution in [2.24, 2.45) is 4.99 Å². The molecule has 0 radical (unpaired) electrons. The fraction of sp³-hybridized carbons (Fsp3) is 0.316. The van der Waals surface area contributed by atoms with Gasteiger partial charge in [-0.05, 0) is 24.3 Å². The van der Waals surface area contributed by atoms with Crippen LogP contribution >= 0.6 is 0 Å². The van der Waals surface area contributed by atoms with E-state index in [1.54, 1.807) is 7.05 Å². The van der Waals surface area contributed by atoms with Crippen LogP contribution in [0.4, 0.5) is 4.39 Å². The van der Waals surface area contributed by atoms with E-state index in [0.29, 0.717) is 19.1 Å². The highest BCUT2D eigenvalue weighted by atomic mass is 32.2. The molecule has 0 aliphatic rings. The number of aliphatic imine (C=N–C) groups is 1. The quantitative estimate of drug-likeness (QED) is 0.550. The van der Waals surface area contributed by atoms with Gasteiger partial charge in [-0.25, -0.2) is 12.8 Å². The van der Waals surface area contributed by atoms with Gasteiger partial charge in [-0.15, -0.1) is 0 Å². The average molecular weight is 393 g/mol. The molecule has 0 saturated heterocycles. The van der Waals surface area contributed by atoms with E-state index in [1.165, 1.54) is 18.2 Å². The molecule has 0 fully saturated rings. The fourth-order valence-corrected chi connectivity index (χ4v) is 3.65. The van der Waals surface area contributed by atoms with Gasteiger partial charge in [0.15, 0.2) is 15.8 Å².